The van der Waals surface area contributed by atoms with Crippen molar-refractivity contribution in [3.05, 3.63) is 15.5 Å². The van der Waals surface area contributed by atoms with E-state index in [-0.39, 0.29) is 11.5 Å². The lowest BCUT2D eigenvalue weighted by Gasteiger charge is -2.44. The molecule has 1 aromatic rings. The summed E-state index contributed by atoms with van der Waals surface area (Å²) < 4.78 is 12.0. The molecule has 2 aliphatic heterocycles. The normalized spacial score (nSPS) is 28.4. The molecule has 0 saturated carbocycles. The van der Waals surface area contributed by atoms with Crippen LogP contribution in [0.3, 0.4) is 0 Å². The fourth-order valence-electron chi connectivity index (χ4n) is 3.03. The standard InChI is InChI=1S/C13H18ClNO3S/c14-10-8-15-12(19-10)11(16)9-1-4-18-13(7-9)2-5-17-6-3-13/h8-9,11,16H,1-7H2. The quantitative estimate of drug-likeness (QED) is 0.913. The van der Waals surface area contributed by atoms with Gasteiger partial charge in [0, 0.05) is 19.8 Å². The molecular formula is C13H18ClNO3S. The van der Waals surface area contributed by atoms with E-state index in [4.69, 9.17) is 21.1 Å². The number of nitrogens with zero attached hydrogens (tertiary/aromatic N) is 1. The van der Waals surface area contributed by atoms with Gasteiger partial charge in [-0.3, -0.25) is 0 Å². The van der Waals surface area contributed by atoms with E-state index in [2.05, 4.69) is 4.98 Å². The Balaban J connectivity index is 1.70. The van der Waals surface area contributed by atoms with Crippen molar-refractivity contribution in [1.29, 1.82) is 0 Å². The number of rotatable bonds is 2. The first-order valence-electron chi connectivity index (χ1n) is 6.70. The van der Waals surface area contributed by atoms with Crippen LogP contribution in [0.1, 0.15) is 36.8 Å². The van der Waals surface area contributed by atoms with Crippen LogP contribution in [-0.2, 0) is 9.47 Å². The van der Waals surface area contributed by atoms with Crippen molar-refractivity contribution >= 4 is 22.9 Å². The summed E-state index contributed by atoms with van der Waals surface area (Å²) in [5.41, 5.74) is -0.0940. The van der Waals surface area contributed by atoms with Gasteiger partial charge in [-0.1, -0.05) is 11.6 Å². The van der Waals surface area contributed by atoms with Crippen LogP contribution >= 0.6 is 22.9 Å². The highest BCUT2D eigenvalue weighted by Crippen LogP contribution is 2.42. The van der Waals surface area contributed by atoms with E-state index in [1.165, 1.54) is 11.3 Å². The van der Waals surface area contributed by atoms with Crippen molar-refractivity contribution in [3.8, 4) is 0 Å². The van der Waals surface area contributed by atoms with Gasteiger partial charge < -0.3 is 14.6 Å². The fraction of sp³-hybridized carbons (Fsp3) is 0.769. The monoisotopic (exact) mass is 303 g/mol. The van der Waals surface area contributed by atoms with Crippen molar-refractivity contribution in [3.63, 3.8) is 0 Å². The maximum atomic E-state index is 10.5. The van der Waals surface area contributed by atoms with Crippen molar-refractivity contribution in [2.75, 3.05) is 19.8 Å². The predicted octanol–water partition coefficient (Wildman–Crippen LogP) is 2.81. The van der Waals surface area contributed by atoms with E-state index in [9.17, 15) is 5.11 Å². The van der Waals surface area contributed by atoms with Gasteiger partial charge in [0.05, 0.1) is 11.8 Å². The molecule has 106 valence electrons. The highest BCUT2D eigenvalue weighted by Gasteiger charge is 2.41. The minimum Gasteiger partial charge on any atom is -0.386 e. The summed E-state index contributed by atoms with van der Waals surface area (Å²) in [6.45, 7) is 2.22. The number of ether oxygens (including phenoxy) is 2. The Labute approximate surface area is 121 Å². The molecule has 2 atom stereocenters. The molecule has 1 spiro atoms. The number of halogens is 1. The fourth-order valence-corrected chi connectivity index (χ4v) is 4.04. The summed E-state index contributed by atoms with van der Waals surface area (Å²) in [7, 11) is 0. The zero-order chi connectivity index (χ0) is 13.3. The molecule has 2 unspecified atom stereocenters. The van der Waals surface area contributed by atoms with Crippen LogP contribution in [0.25, 0.3) is 0 Å². The SMILES string of the molecule is OC(c1ncc(Cl)s1)C1CCOC2(CCOCC2)C1. The molecule has 1 aromatic heterocycles. The summed E-state index contributed by atoms with van der Waals surface area (Å²) in [5, 5.41) is 11.2. The Morgan fingerprint density at radius 2 is 2.21 bits per heavy atom. The van der Waals surface area contributed by atoms with Crippen LogP contribution in [0.2, 0.25) is 4.34 Å². The molecule has 4 nitrogen and oxygen atoms in total. The Hall–Kier alpha value is -0.200. The average molecular weight is 304 g/mol. The molecule has 0 bridgehead atoms. The van der Waals surface area contributed by atoms with Crippen molar-refractivity contribution < 1.29 is 14.6 Å². The Morgan fingerprint density at radius 1 is 1.42 bits per heavy atom. The lowest BCUT2D eigenvalue weighted by Crippen LogP contribution is -2.45. The van der Waals surface area contributed by atoms with Crippen LogP contribution in [0.5, 0.6) is 0 Å². The largest absolute Gasteiger partial charge is 0.386 e. The molecule has 3 rings (SSSR count). The Kier molecular flexibility index (Phi) is 4.10. The topological polar surface area (TPSA) is 51.6 Å². The van der Waals surface area contributed by atoms with Crippen LogP contribution in [0.15, 0.2) is 6.20 Å². The zero-order valence-corrected chi connectivity index (χ0v) is 12.3. The Bertz CT molecular complexity index is 428. The van der Waals surface area contributed by atoms with Gasteiger partial charge in [-0.25, -0.2) is 4.98 Å². The summed E-state index contributed by atoms with van der Waals surface area (Å²) in [6.07, 6.45) is 4.69. The minimum atomic E-state index is -0.527. The molecule has 0 amide bonds. The van der Waals surface area contributed by atoms with Crippen molar-refractivity contribution in [2.45, 2.75) is 37.4 Å². The number of aliphatic hydroxyl groups excluding tert-OH is 1. The van der Waals surface area contributed by atoms with E-state index in [0.717, 1.165) is 43.9 Å². The van der Waals surface area contributed by atoms with E-state index in [1.807, 2.05) is 0 Å². The highest BCUT2D eigenvalue weighted by atomic mass is 35.5. The van der Waals surface area contributed by atoms with Crippen molar-refractivity contribution in [1.82, 2.24) is 4.98 Å². The van der Waals surface area contributed by atoms with Crippen LogP contribution in [-0.4, -0.2) is 35.5 Å². The second-order valence-electron chi connectivity index (χ2n) is 5.34. The highest BCUT2D eigenvalue weighted by molar-refractivity contribution is 7.15. The second kappa shape index (κ2) is 5.66. The molecule has 6 heteroatoms. The molecule has 0 aromatic carbocycles. The van der Waals surface area contributed by atoms with E-state index in [0.29, 0.717) is 10.9 Å². The lowest BCUT2D eigenvalue weighted by atomic mass is 9.78. The van der Waals surface area contributed by atoms with Crippen LogP contribution < -0.4 is 0 Å². The minimum absolute atomic E-state index is 0.0940. The van der Waals surface area contributed by atoms with E-state index >= 15 is 0 Å². The van der Waals surface area contributed by atoms with Gasteiger partial charge in [-0.05, 0) is 31.6 Å². The summed E-state index contributed by atoms with van der Waals surface area (Å²) in [6, 6.07) is 0. The average Bonchev–Trinajstić information content (AvgIpc) is 2.85. The van der Waals surface area contributed by atoms with Gasteiger partial charge in [0.25, 0.3) is 0 Å². The van der Waals surface area contributed by atoms with E-state index in [1.54, 1.807) is 6.20 Å². The zero-order valence-electron chi connectivity index (χ0n) is 10.7. The first-order valence-corrected chi connectivity index (χ1v) is 7.89. The third kappa shape index (κ3) is 2.95. The number of hydrogen-bond acceptors (Lipinski definition) is 5. The molecule has 19 heavy (non-hydrogen) atoms. The number of hydrogen-bond donors (Lipinski definition) is 1. The van der Waals surface area contributed by atoms with Gasteiger partial charge in [0.15, 0.2) is 0 Å². The number of thiazole rings is 1. The van der Waals surface area contributed by atoms with Gasteiger partial charge in [-0.2, -0.15) is 0 Å². The number of aromatic nitrogens is 1. The van der Waals surface area contributed by atoms with Crippen LogP contribution in [0, 0.1) is 5.92 Å². The molecule has 0 aliphatic carbocycles. The van der Waals surface area contributed by atoms with Crippen molar-refractivity contribution in [2.24, 2.45) is 5.92 Å². The Morgan fingerprint density at radius 3 is 2.89 bits per heavy atom. The van der Waals surface area contributed by atoms with Crippen LogP contribution in [0.4, 0.5) is 0 Å². The maximum Gasteiger partial charge on any atom is 0.123 e. The molecule has 0 radical (unpaired) electrons. The van der Waals surface area contributed by atoms with Gasteiger partial charge in [-0.15, -0.1) is 11.3 Å². The molecule has 1 N–H and O–H groups in total. The second-order valence-corrected chi connectivity index (χ2v) is 7.04. The first-order chi connectivity index (χ1) is 9.19. The first kappa shape index (κ1) is 13.8. The molecule has 2 fully saturated rings. The molecule has 2 aliphatic rings. The molecule has 2 saturated heterocycles. The summed E-state index contributed by atoms with van der Waals surface area (Å²) >= 11 is 7.25. The molecule has 3 heterocycles. The maximum absolute atomic E-state index is 10.5. The lowest BCUT2D eigenvalue weighted by molar-refractivity contribution is -0.159. The third-order valence-corrected chi connectivity index (χ3v) is 5.32. The van der Waals surface area contributed by atoms with Gasteiger partial charge in [0.2, 0.25) is 0 Å². The predicted molar refractivity (Wildman–Crippen MR) is 73.5 cm³/mol. The summed E-state index contributed by atoms with van der Waals surface area (Å²) in [5.74, 6) is 0.203. The van der Waals surface area contributed by atoms with Gasteiger partial charge >= 0.3 is 0 Å². The summed E-state index contributed by atoms with van der Waals surface area (Å²) in [4.78, 5) is 4.20. The number of aliphatic hydroxyl groups is 1. The molecular weight excluding hydrogens is 286 g/mol. The van der Waals surface area contributed by atoms with E-state index < -0.39 is 6.10 Å². The third-order valence-electron chi connectivity index (χ3n) is 4.13. The van der Waals surface area contributed by atoms with Gasteiger partial charge in [0.1, 0.15) is 15.4 Å². The smallest absolute Gasteiger partial charge is 0.123 e.